The third-order valence-corrected chi connectivity index (χ3v) is 5.34. The molecule has 0 heterocycles. The Balaban J connectivity index is 2.71. The summed E-state index contributed by atoms with van der Waals surface area (Å²) in [4.78, 5) is 0. The van der Waals surface area contributed by atoms with E-state index in [1.807, 2.05) is 52.0 Å². The number of hydrogen-bond donors (Lipinski definition) is 2. The van der Waals surface area contributed by atoms with Crippen molar-refractivity contribution < 1.29 is 10.2 Å². The van der Waals surface area contributed by atoms with Crippen molar-refractivity contribution in [3.8, 4) is 11.5 Å². The van der Waals surface area contributed by atoms with E-state index < -0.39 is 0 Å². The van der Waals surface area contributed by atoms with Gasteiger partial charge in [-0.25, -0.2) is 0 Å². The first-order valence-corrected chi connectivity index (χ1v) is 9.60. The first-order chi connectivity index (χ1) is 12.7. The fraction of sp³-hybridized carbons (Fsp3) is 0.360. The van der Waals surface area contributed by atoms with Crippen LogP contribution in [-0.4, -0.2) is 10.2 Å². The van der Waals surface area contributed by atoms with Crippen LogP contribution in [0.2, 0.25) is 0 Å². The van der Waals surface area contributed by atoms with Crippen LogP contribution >= 0.6 is 0 Å². The third-order valence-electron chi connectivity index (χ3n) is 5.34. The quantitative estimate of drug-likeness (QED) is 0.592. The molecule has 144 valence electrons. The SMILES string of the molecule is CC=CCc1cc(O)c(C)cc1C(C)(C)c1cc(C)c(O)cc1CC=CC. The van der Waals surface area contributed by atoms with E-state index in [-0.39, 0.29) is 5.41 Å². The number of phenols is 2. The summed E-state index contributed by atoms with van der Waals surface area (Å²) in [5.41, 5.74) is 6.18. The summed E-state index contributed by atoms with van der Waals surface area (Å²) < 4.78 is 0. The summed E-state index contributed by atoms with van der Waals surface area (Å²) in [5, 5.41) is 20.5. The summed E-state index contributed by atoms with van der Waals surface area (Å²) in [6, 6.07) is 8.00. The van der Waals surface area contributed by atoms with E-state index in [1.54, 1.807) is 0 Å². The maximum Gasteiger partial charge on any atom is 0.118 e. The Morgan fingerprint density at radius 3 is 1.44 bits per heavy atom. The minimum atomic E-state index is -0.259. The van der Waals surface area contributed by atoms with Gasteiger partial charge >= 0.3 is 0 Å². The molecule has 0 aliphatic carbocycles. The van der Waals surface area contributed by atoms with Gasteiger partial charge in [-0.2, -0.15) is 0 Å². The predicted octanol–water partition coefficient (Wildman–Crippen LogP) is 6.28. The summed E-state index contributed by atoms with van der Waals surface area (Å²) in [6.07, 6.45) is 9.87. The monoisotopic (exact) mass is 364 g/mol. The summed E-state index contributed by atoms with van der Waals surface area (Å²) >= 11 is 0. The number of hydrogen-bond acceptors (Lipinski definition) is 2. The standard InChI is InChI=1S/C25H32O2/c1-7-9-11-19-15-23(26)17(3)13-21(19)25(5,6)22-14-18(4)24(27)16-20(22)12-10-8-2/h7-10,13-16,26-27H,11-12H2,1-6H3. The number of aryl methyl sites for hydroxylation is 2. The Bertz CT molecular complexity index is 799. The highest BCUT2D eigenvalue weighted by molar-refractivity contribution is 5.53. The van der Waals surface area contributed by atoms with Crippen molar-refractivity contribution in [2.24, 2.45) is 0 Å². The molecule has 2 heteroatoms. The molecule has 0 spiro atoms. The molecule has 0 radical (unpaired) electrons. The highest BCUT2D eigenvalue weighted by atomic mass is 16.3. The van der Waals surface area contributed by atoms with Crippen molar-refractivity contribution in [1.82, 2.24) is 0 Å². The van der Waals surface area contributed by atoms with Crippen LogP contribution in [0.25, 0.3) is 0 Å². The van der Waals surface area contributed by atoms with E-state index in [4.69, 9.17) is 0 Å². The lowest BCUT2D eigenvalue weighted by molar-refractivity contribution is 0.468. The Labute approximate surface area is 163 Å². The zero-order valence-corrected chi connectivity index (χ0v) is 17.4. The molecule has 0 aliphatic heterocycles. The molecule has 0 amide bonds. The minimum Gasteiger partial charge on any atom is -0.508 e. The van der Waals surface area contributed by atoms with E-state index in [2.05, 4.69) is 38.1 Å². The van der Waals surface area contributed by atoms with Gasteiger partial charge in [0.2, 0.25) is 0 Å². The van der Waals surface area contributed by atoms with E-state index in [0.717, 1.165) is 35.1 Å². The van der Waals surface area contributed by atoms with Crippen LogP contribution in [-0.2, 0) is 18.3 Å². The Hall–Kier alpha value is -2.48. The molecule has 0 atom stereocenters. The lowest BCUT2D eigenvalue weighted by Gasteiger charge is -2.32. The Morgan fingerprint density at radius 2 is 1.11 bits per heavy atom. The molecule has 0 bridgehead atoms. The number of phenolic OH excluding ortho intramolecular Hbond substituents is 2. The molecule has 2 N–H and O–H groups in total. The van der Waals surface area contributed by atoms with E-state index in [9.17, 15) is 10.2 Å². The van der Waals surface area contributed by atoms with Gasteiger partial charge in [-0.1, -0.05) is 50.3 Å². The van der Waals surface area contributed by atoms with Gasteiger partial charge in [0, 0.05) is 5.41 Å². The van der Waals surface area contributed by atoms with E-state index in [1.165, 1.54) is 11.1 Å². The predicted molar refractivity (Wildman–Crippen MR) is 115 cm³/mol. The third kappa shape index (κ3) is 4.44. The van der Waals surface area contributed by atoms with Crippen LogP contribution in [0.1, 0.15) is 61.1 Å². The lowest BCUT2D eigenvalue weighted by Crippen LogP contribution is -2.23. The first-order valence-electron chi connectivity index (χ1n) is 9.60. The lowest BCUT2D eigenvalue weighted by atomic mass is 9.72. The van der Waals surface area contributed by atoms with E-state index in [0.29, 0.717) is 11.5 Å². The largest absolute Gasteiger partial charge is 0.508 e. The van der Waals surface area contributed by atoms with Gasteiger partial charge in [0.05, 0.1) is 0 Å². The van der Waals surface area contributed by atoms with E-state index >= 15 is 0 Å². The molecular weight excluding hydrogens is 332 g/mol. The summed E-state index contributed by atoms with van der Waals surface area (Å²) in [7, 11) is 0. The van der Waals surface area contributed by atoms with Crippen molar-refractivity contribution >= 4 is 0 Å². The molecule has 27 heavy (non-hydrogen) atoms. The number of benzene rings is 2. The van der Waals surface area contributed by atoms with Gasteiger partial charge in [0.1, 0.15) is 11.5 Å². The van der Waals surface area contributed by atoms with Crippen molar-refractivity contribution in [3.05, 3.63) is 82.0 Å². The minimum absolute atomic E-state index is 0.259. The molecule has 0 saturated carbocycles. The van der Waals surface area contributed by atoms with Crippen LogP contribution in [0, 0.1) is 13.8 Å². The maximum atomic E-state index is 10.2. The van der Waals surface area contributed by atoms with Crippen LogP contribution in [0.3, 0.4) is 0 Å². The summed E-state index contributed by atoms with van der Waals surface area (Å²) in [6.45, 7) is 12.4. The zero-order chi connectivity index (χ0) is 20.2. The second kappa shape index (κ2) is 8.47. The molecule has 2 rings (SSSR count). The average molecular weight is 365 g/mol. The second-order valence-electron chi connectivity index (χ2n) is 7.76. The normalized spacial score (nSPS) is 12.4. The molecule has 0 aromatic heterocycles. The van der Waals surface area contributed by atoms with Gasteiger partial charge in [0.15, 0.2) is 0 Å². The van der Waals surface area contributed by atoms with Gasteiger partial charge in [-0.05, 0) is 86.1 Å². The van der Waals surface area contributed by atoms with Crippen molar-refractivity contribution in [1.29, 1.82) is 0 Å². The van der Waals surface area contributed by atoms with Gasteiger partial charge in [-0.3, -0.25) is 0 Å². The van der Waals surface area contributed by atoms with Gasteiger partial charge < -0.3 is 10.2 Å². The topological polar surface area (TPSA) is 40.5 Å². The number of rotatable bonds is 6. The first kappa shape index (κ1) is 20.8. The zero-order valence-electron chi connectivity index (χ0n) is 17.4. The molecule has 0 saturated heterocycles. The molecular formula is C25H32O2. The fourth-order valence-corrected chi connectivity index (χ4v) is 3.62. The van der Waals surface area contributed by atoms with Gasteiger partial charge in [-0.15, -0.1) is 0 Å². The van der Waals surface area contributed by atoms with Gasteiger partial charge in [0.25, 0.3) is 0 Å². The number of aromatic hydroxyl groups is 2. The highest BCUT2D eigenvalue weighted by Gasteiger charge is 2.29. The molecule has 0 aliphatic rings. The van der Waals surface area contributed by atoms with Crippen LogP contribution in [0.15, 0.2) is 48.6 Å². The Kier molecular flexibility index (Phi) is 6.54. The average Bonchev–Trinajstić information content (AvgIpc) is 2.62. The van der Waals surface area contributed by atoms with Crippen LogP contribution in [0.5, 0.6) is 11.5 Å². The fourth-order valence-electron chi connectivity index (χ4n) is 3.62. The molecule has 2 aromatic carbocycles. The molecule has 0 fully saturated rings. The summed E-state index contributed by atoms with van der Waals surface area (Å²) in [5.74, 6) is 0.676. The molecule has 2 nitrogen and oxygen atoms in total. The molecule has 2 aromatic rings. The van der Waals surface area contributed by atoms with Crippen LogP contribution in [0.4, 0.5) is 0 Å². The smallest absolute Gasteiger partial charge is 0.118 e. The maximum absolute atomic E-state index is 10.2. The van der Waals surface area contributed by atoms with Crippen molar-refractivity contribution in [3.63, 3.8) is 0 Å². The van der Waals surface area contributed by atoms with Crippen molar-refractivity contribution in [2.75, 3.05) is 0 Å². The highest BCUT2D eigenvalue weighted by Crippen LogP contribution is 2.40. The van der Waals surface area contributed by atoms with Crippen LogP contribution < -0.4 is 0 Å². The number of allylic oxidation sites excluding steroid dienone is 4. The van der Waals surface area contributed by atoms with Crippen molar-refractivity contribution in [2.45, 2.75) is 59.8 Å². The second-order valence-corrected chi connectivity index (χ2v) is 7.76. The Morgan fingerprint density at radius 1 is 0.741 bits per heavy atom. The molecule has 0 unspecified atom stereocenters.